The zero-order valence-electron chi connectivity index (χ0n) is 21.8. The predicted octanol–water partition coefficient (Wildman–Crippen LogP) is 2.76. The van der Waals surface area contributed by atoms with Crippen LogP contribution in [0.4, 0.5) is 11.4 Å². The first-order valence-corrected chi connectivity index (χ1v) is 13.8. The lowest BCUT2D eigenvalue weighted by Crippen LogP contribution is -2.52. The van der Waals surface area contributed by atoms with Gasteiger partial charge in [0, 0.05) is 32.1 Å². The van der Waals surface area contributed by atoms with Crippen molar-refractivity contribution < 1.29 is 27.7 Å². The molecule has 0 radical (unpaired) electrons. The SMILES string of the molecule is CNC(=O)C(Cc1ccccc1)N(Cc1ccccc1)C(=O)CN(c1cc([N+](=O)[O-])ccc1OC)S(C)(=O)=O. The Morgan fingerprint density at radius 1 is 1.00 bits per heavy atom. The van der Waals surface area contributed by atoms with Crippen molar-refractivity contribution in [2.24, 2.45) is 0 Å². The Hall–Kier alpha value is -4.45. The molecule has 1 atom stereocenters. The second-order valence-electron chi connectivity index (χ2n) is 8.71. The molecular weight excluding hydrogens is 524 g/mol. The van der Waals surface area contributed by atoms with E-state index in [1.807, 2.05) is 36.4 Å². The molecule has 0 aliphatic heterocycles. The van der Waals surface area contributed by atoms with Crippen molar-refractivity contribution >= 4 is 33.2 Å². The summed E-state index contributed by atoms with van der Waals surface area (Å²) in [5.74, 6) is -1.08. The van der Waals surface area contributed by atoms with Crippen LogP contribution in [0, 0.1) is 10.1 Å². The van der Waals surface area contributed by atoms with Crippen molar-refractivity contribution in [1.82, 2.24) is 10.2 Å². The van der Waals surface area contributed by atoms with Gasteiger partial charge >= 0.3 is 0 Å². The summed E-state index contributed by atoms with van der Waals surface area (Å²) in [5.41, 5.74) is 0.992. The molecule has 0 spiro atoms. The van der Waals surface area contributed by atoms with E-state index in [0.717, 1.165) is 27.8 Å². The molecule has 1 unspecified atom stereocenters. The van der Waals surface area contributed by atoms with Gasteiger partial charge in [0.1, 0.15) is 24.0 Å². The Kier molecular flexibility index (Phi) is 9.61. The van der Waals surface area contributed by atoms with Gasteiger partial charge in [-0.3, -0.25) is 24.0 Å². The number of nitro groups is 1. The van der Waals surface area contributed by atoms with Crippen molar-refractivity contribution in [1.29, 1.82) is 0 Å². The highest BCUT2D eigenvalue weighted by Crippen LogP contribution is 2.34. The van der Waals surface area contributed by atoms with Gasteiger partial charge in [0.25, 0.3) is 5.69 Å². The summed E-state index contributed by atoms with van der Waals surface area (Å²) < 4.78 is 31.8. The number of nitrogens with one attached hydrogen (secondary N) is 1. The fourth-order valence-electron chi connectivity index (χ4n) is 4.08. The van der Waals surface area contributed by atoms with Gasteiger partial charge in [0.15, 0.2) is 0 Å². The fourth-order valence-corrected chi connectivity index (χ4v) is 4.93. The minimum atomic E-state index is -4.12. The zero-order valence-corrected chi connectivity index (χ0v) is 22.6. The zero-order chi connectivity index (χ0) is 28.6. The van der Waals surface area contributed by atoms with Gasteiger partial charge in [-0.2, -0.15) is 0 Å². The number of rotatable bonds is 12. The van der Waals surface area contributed by atoms with E-state index in [4.69, 9.17) is 4.74 Å². The highest BCUT2D eigenvalue weighted by molar-refractivity contribution is 7.92. The maximum absolute atomic E-state index is 13.9. The van der Waals surface area contributed by atoms with Crippen LogP contribution in [0.15, 0.2) is 78.9 Å². The first-order valence-electron chi connectivity index (χ1n) is 11.9. The van der Waals surface area contributed by atoms with Gasteiger partial charge < -0.3 is 15.0 Å². The van der Waals surface area contributed by atoms with Crippen LogP contribution >= 0.6 is 0 Å². The Bertz CT molecular complexity index is 1420. The van der Waals surface area contributed by atoms with Crippen molar-refractivity contribution in [2.75, 3.05) is 31.3 Å². The molecule has 12 heteroatoms. The molecule has 1 N–H and O–H groups in total. The van der Waals surface area contributed by atoms with Crippen LogP contribution in [0.2, 0.25) is 0 Å². The second-order valence-corrected chi connectivity index (χ2v) is 10.6. The Labute approximate surface area is 227 Å². The van der Waals surface area contributed by atoms with Crippen LogP contribution in [0.3, 0.4) is 0 Å². The van der Waals surface area contributed by atoms with E-state index in [1.54, 1.807) is 24.3 Å². The molecule has 0 aromatic heterocycles. The maximum Gasteiger partial charge on any atom is 0.271 e. The molecular formula is C27H30N4O7S. The summed E-state index contributed by atoms with van der Waals surface area (Å²) in [6.45, 7) is -0.695. The maximum atomic E-state index is 13.9. The van der Waals surface area contributed by atoms with Gasteiger partial charge in [-0.25, -0.2) is 8.42 Å². The number of benzene rings is 3. The van der Waals surface area contributed by atoms with E-state index in [-0.39, 0.29) is 30.1 Å². The lowest BCUT2D eigenvalue weighted by molar-refractivity contribution is -0.384. The third-order valence-corrected chi connectivity index (χ3v) is 7.16. The lowest BCUT2D eigenvalue weighted by atomic mass is 10.0. The average molecular weight is 555 g/mol. The lowest BCUT2D eigenvalue weighted by Gasteiger charge is -2.33. The molecule has 3 aromatic carbocycles. The molecule has 0 aliphatic carbocycles. The Morgan fingerprint density at radius 3 is 2.10 bits per heavy atom. The number of nitro benzene ring substituents is 1. The molecule has 0 bridgehead atoms. The molecule has 3 rings (SSSR count). The second kappa shape index (κ2) is 12.9. The first kappa shape index (κ1) is 29.1. The Balaban J connectivity index is 2.08. The molecule has 206 valence electrons. The summed E-state index contributed by atoms with van der Waals surface area (Å²) in [4.78, 5) is 39.1. The fraction of sp³-hybridized carbons (Fsp3) is 0.259. The Morgan fingerprint density at radius 2 is 1.59 bits per heavy atom. The van der Waals surface area contributed by atoms with E-state index in [0.29, 0.717) is 0 Å². The van der Waals surface area contributed by atoms with Crippen LogP contribution in [-0.2, 0) is 32.6 Å². The van der Waals surface area contributed by atoms with Crippen molar-refractivity contribution in [3.63, 3.8) is 0 Å². The first-order chi connectivity index (χ1) is 18.5. The number of hydrogen-bond donors (Lipinski definition) is 1. The number of carbonyl (C=O) groups is 2. The summed E-state index contributed by atoms with van der Waals surface area (Å²) in [6, 6.07) is 20.6. The number of nitrogens with zero attached hydrogens (tertiary/aromatic N) is 3. The van der Waals surface area contributed by atoms with Crippen LogP contribution in [-0.4, -0.2) is 63.1 Å². The van der Waals surface area contributed by atoms with E-state index in [1.165, 1.54) is 31.2 Å². The van der Waals surface area contributed by atoms with Crippen LogP contribution in [0.25, 0.3) is 0 Å². The summed E-state index contributed by atoms with van der Waals surface area (Å²) in [6.07, 6.45) is 1.07. The largest absolute Gasteiger partial charge is 0.495 e. The highest BCUT2D eigenvalue weighted by atomic mass is 32.2. The minimum absolute atomic E-state index is 0.0221. The van der Waals surface area contributed by atoms with E-state index >= 15 is 0 Å². The molecule has 0 saturated heterocycles. The van der Waals surface area contributed by atoms with Gasteiger partial charge in [0.05, 0.1) is 18.3 Å². The van der Waals surface area contributed by atoms with Crippen LogP contribution in [0.1, 0.15) is 11.1 Å². The molecule has 39 heavy (non-hydrogen) atoms. The quantitative estimate of drug-likeness (QED) is 0.268. The highest BCUT2D eigenvalue weighted by Gasteiger charge is 2.33. The van der Waals surface area contributed by atoms with Gasteiger partial charge in [-0.1, -0.05) is 60.7 Å². The van der Waals surface area contributed by atoms with Crippen LogP contribution in [0.5, 0.6) is 5.75 Å². The predicted molar refractivity (Wildman–Crippen MR) is 147 cm³/mol. The number of sulfonamides is 1. The molecule has 0 fully saturated rings. The molecule has 3 aromatic rings. The van der Waals surface area contributed by atoms with E-state index in [9.17, 15) is 28.1 Å². The summed E-state index contributed by atoms with van der Waals surface area (Å²) >= 11 is 0. The van der Waals surface area contributed by atoms with Crippen molar-refractivity contribution in [2.45, 2.75) is 19.0 Å². The summed E-state index contributed by atoms with van der Waals surface area (Å²) in [5, 5.41) is 14.0. The third kappa shape index (κ3) is 7.54. The van der Waals surface area contributed by atoms with Gasteiger partial charge in [-0.05, 0) is 17.2 Å². The van der Waals surface area contributed by atoms with Crippen molar-refractivity contribution in [3.05, 3.63) is 100 Å². The van der Waals surface area contributed by atoms with Gasteiger partial charge in [-0.15, -0.1) is 0 Å². The normalized spacial score (nSPS) is 11.8. The number of ether oxygens (including phenoxy) is 1. The average Bonchev–Trinajstić information content (AvgIpc) is 2.93. The van der Waals surface area contributed by atoms with E-state index in [2.05, 4.69) is 5.32 Å². The smallest absolute Gasteiger partial charge is 0.271 e. The number of likely N-dealkylation sites (N-methyl/N-ethyl adjacent to an activating group) is 1. The molecule has 0 saturated carbocycles. The minimum Gasteiger partial charge on any atom is -0.495 e. The monoisotopic (exact) mass is 554 g/mol. The molecule has 0 aliphatic rings. The summed E-state index contributed by atoms with van der Waals surface area (Å²) in [7, 11) is -1.37. The molecule has 0 heterocycles. The number of carbonyl (C=O) groups excluding carboxylic acids is 2. The molecule has 2 amide bonds. The molecule has 11 nitrogen and oxygen atoms in total. The van der Waals surface area contributed by atoms with Crippen molar-refractivity contribution in [3.8, 4) is 5.75 Å². The topological polar surface area (TPSA) is 139 Å². The third-order valence-electron chi connectivity index (χ3n) is 6.03. The number of amides is 2. The number of anilines is 1. The number of hydrogen-bond acceptors (Lipinski definition) is 7. The standard InChI is InChI=1S/C27H30N4O7S/c1-28-27(33)24(16-20-10-6-4-7-11-20)29(18-21-12-8-5-9-13-21)26(32)19-30(39(3,36)37)23-17-22(31(34)35)14-15-25(23)38-2/h4-15,17,24H,16,18-19H2,1-3H3,(H,28,33). The number of non-ortho nitro benzene ring substituents is 1. The van der Waals surface area contributed by atoms with E-state index < -0.39 is 39.3 Å². The van der Waals surface area contributed by atoms with Crippen LogP contribution < -0.4 is 14.4 Å². The van der Waals surface area contributed by atoms with Gasteiger partial charge in [0.2, 0.25) is 21.8 Å². The number of methoxy groups -OCH3 is 1.